The second-order valence-corrected chi connectivity index (χ2v) is 6.28. The molecule has 0 atom stereocenters. The molecule has 2 aromatic rings. The summed E-state index contributed by atoms with van der Waals surface area (Å²) in [6.07, 6.45) is 0. The van der Waals surface area contributed by atoms with Gasteiger partial charge in [-0.25, -0.2) is 9.37 Å². The van der Waals surface area contributed by atoms with Crippen molar-refractivity contribution < 1.29 is 13.9 Å². The third-order valence-corrected chi connectivity index (χ3v) is 4.28. The van der Waals surface area contributed by atoms with Gasteiger partial charge in [-0.3, -0.25) is 4.79 Å². The van der Waals surface area contributed by atoms with Crippen molar-refractivity contribution in [3.8, 4) is 10.6 Å². The van der Waals surface area contributed by atoms with E-state index in [9.17, 15) is 9.18 Å². The van der Waals surface area contributed by atoms with Gasteiger partial charge in [-0.2, -0.15) is 0 Å². The summed E-state index contributed by atoms with van der Waals surface area (Å²) in [6.45, 7) is 5.62. The summed E-state index contributed by atoms with van der Waals surface area (Å²) < 4.78 is 18.3. The number of halogens is 2. The predicted molar refractivity (Wildman–Crippen MR) is 82.2 cm³/mol. The number of benzene rings is 1. The molecule has 1 heterocycles. The molecule has 0 radical (unpaired) electrons. The third kappa shape index (κ3) is 3.24. The number of carbonyl (C=O) groups excluding carboxylic acids is 1. The Morgan fingerprint density at radius 3 is 2.81 bits per heavy atom. The fourth-order valence-corrected chi connectivity index (χ4v) is 2.90. The second kappa shape index (κ2) is 6.12. The molecule has 0 fully saturated rings. The normalized spacial score (nSPS) is 11.5. The highest BCUT2D eigenvalue weighted by Gasteiger charge is 2.34. The van der Waals surface area contributed by atoms with Crippen molar-refractivity contribution in [1.82, 2.24) is 4.98 Å². The number of rotatable bonds is 4. The van der Waals surface area contributed by atoms with Crippen LogP contribution in [0.4, 0.5) is 4.39 Å². The van der Waals surface area contributed by atoms with E-state index < -0.39 is 11.2 Å². The summed E-state index contributed by atoms with van der Waals surface area (Å²) in [5.74, 6) is -0.789. The van der Waals surface area contributed by atoms with Crippen LogP contribution in [0.2, 0.25) is 5.02 Å². The van der Waals surface area contributed by atoms with Gasteiger partial charge < -0.3 is 4.74 Å². The quantitative estimate of drug-likeness (QED) is 0.779. The SMILES string of the molecule is CCOC(=O)C(C)(C)c1csc(-c2ccc(F)c(Cl)c2)n1. The van der Waals surface area contributed by atoms with Crippen LogP contribution in [0.15, 0.2) is 23.6 Å². The minimum atomic E-state index is -0.825. The zero-order valence-corrected chi connectivity index (χ0v) is 13.5. The molecule has 3 nitrogen and oxygen atoms in total. The average molecular weight is 328 g/mol. The lowest BCUT2D eigenvalue weighted by atomic mass is 9.90. The zero-order valence-electron chi connectivity index (χ0n) is 11.9. The van der Waals surface area contributed by atoms with Crippen LogP contribution in [0.25, 0.3) is 10.6 Å². The van der Waals surface area contributed by atoms with Crippen molar-refractivity contribution in [3.63, 3.8) is 0 Å². The van der Waals surface area contributed by atoms with Crippen LogP contribution < -0.4 is 0 Å². The van der Waals surface area contributed by atoms with Gasteiger partial charge in [0.15, 0.2) is 0 Å². The van der Waals surface area contributed by atoms with E-state index in [2.05, 4.69) is 4.98 Å². The topological polar surface area (TPSA) is 39.2 Å². The lowest BCUT2D eigenvalue weighted by Gasteiger charge is -2.19. The molecule has 0 N–H and O–H groups in total. The summed E-state index contributed by atoms with van der Waals surface area (Å²) in [6, 6.07) is 4.44. The molecule has 1 aromatic carbocycles. The predicted octanol–water partition coefficient (Wildman–Crippen LogP) is 4.44. The maximum absolute atomic E-state index is 13.2. The molecule has 0 unspecified atom stereocenters. The van der Waals surface area contributed by atoms with E-state index in [1.807, 2.05) is 5.38 Å². The van der Waals surface area contributed by atoms with Crippen molar-refractivity contribution in [1.29, 1.82) is 0 Å². The van der Waals surface area contributed by atoms with Crippen molar-refractivity contribution in [2.75, 3.05) is 6.61 Å². The molecule has 0 spiro atoms. The molecule has 0 aliphatic heterocycles. The van der Waals surface area contributed by atoms with Crippen LogP contribution in [0.3, 0.4) is 0 Å². The van der Waals surface area contributed by atoms with Gasteiger partial charge in [0.05, 0.1) is 17.3 Å². The molecule has 6 heteroatoms. The van der Waals surface area contributed by atoms with Crippen LogP contribution in [0.1, 0.15) is 26.5 Å². The van der Waals surface area contributed by atoms with Gasteiger partial charge in [-0.05, 0) is 39.0 Å². The molecule has 1 aromatic heterocycles. The number of nitrogens with zero attached hydrogens (tertiary/aromatic N) is 1. The Bertz CT molecular complexity index is 669. The van der Waals surface area contributed by atoms with E-state index in [1.165, 1.54) is 23.5 Å². The molecule has 0 saturated heterocycles. The molecule has 2 rings (SSSR count). The molecule has 0 aliphatic rings. The minimum absolute atomic E-state index is 0.0499. The fourth-order valence-electron chi connectivity index (χ4n) is 1.74. The van der Waals surface area contributed by atoms with E-state index in [1.54, 1.807) is 26.8 Å². The molecule has 0 amide bonds. The van der Waals surface area contributed by atoms with Crippen LogP contribution in [0.5, 0.6) is 0 Å². The summed E-state index contributed by atoms with van der Waals surface area (Å²) in [5, 5.41) is 2.54. The third-order valence-electron chi connectivity index (χ3n) is 3.10. The van der Waals surface area contributed by atoms with E-state index >= 15 is 0 Å². The minimum Gasteiger partial charge on any atom is -0.465 e. The van der Waals surface area contributed by atoms with Crippen LogP contribution in [-0.2, 0) is 14.9 Å². The highest BCUT2D eigenvalue weighted by atomic mass is 35.5. The van der Waals surface area contributed by atoms with E-state index in [0.29, 0.717) is 17.3 Å². The Kier molecular flexibility index (Phi) is 4.64. The Labute approximate surface area is 131 Å². The number of aromatic nitrogens is 1. The van der Waals surface area contributed by atoms with Crippen molar-refractivity contribution >= 4 is 28.9 Å². The number of hydrogen-bond donors (Lipinski definition) is 0. The van der Waals surface area contributed by atoms with Crippen molar-refractivity contribution in [2.24, 2.45) is 0 Å². The number of ether oxygens (including phenoxy) is 1. The smallest absolute Gasteiger partial charge is 0.317 e. The van der Waals surface area contributed by atoms with E-state index in [0.717, 1.165) is 5.56 Å². The molecular formula is C15H15ClFNO2S. The van der Waals surface area contributed by atoms with Gasteiger partial charge in [0, 0.05) is 10.9 Å². The van der Waals surface area contributed by atoms with Gasteiger partial charge >= 0.3 is 5.97 Å². The van der Waals surface area contributed by atoms with E-state index in [-0.39, 0.29) is 11.0 Å². The first-order chi connectivity index (χ1) is 9.86. The van der Waals surface area contributed by atoms with Gasteiger partial charge in [0.2, 0.25) is 0 Å². The largest absolute Gasteiger partial charge is 0.465 e. The second-order valence-electron chi connectivity index (χ2n) is 5.01. The maximum atomic E-state index is 13.2. The number of thiazole rings is 1. The lowest BCUT2D eigenvalue weighted by Crippen LogP contribution is -2.31. The molecule has 112 valence electrons. The number of carbonyl (C=O) groups is 1. The Morgan fingerprint density at radius 2 is 2.19 bits per heavy atom. The van der Waals surface area contributed by atoms with Gasteiger partial charge in [0.25, 0.3) is 0 Å². The highest BCUT2D eigenvalue weighted by Crippen LogP contribution is 2.32. The first kappa shape index (κ1) is 15.9. The summed E-state index contributed by atoms with van der Waals surface area (Å²) in [4.78, 5) is 16.4. The fraction of sp³-hybridized carbons (Fsp3) is 0.333. The van der Waals surface area contributed by atoms with Crippen molar-refractivity contribution in [2.45, 2.75) is 26.2 Å². The summed E-state index contributed by atoms with van der Waals surface area (Å²) in [7, 11) is 0. The monoisotopic (exact) mass is 327 g/mol. The maximum Gasteiger partial charge on any atom is 0.317 e. The first-order valence-corrected chi connectivity index (χ1v) is 7.70. The molecule has 0 aliphatic carbocycles. The summed E-state index contributed by atoms with van der Waals surface area (Å²) >= 11 is 7.16. The van der Waals surface area contributed by atoms with Crippen molar-refractivity contribution in [3.05, 3.63) is 40.1 Å². The average Bonchev–Trinajstić information content (AvgIpc) is 2.92. The number of hydrogen-bond acceptors (Lipinski definition) is 4. The molecule has 21 heavy (non-hydrogen) atoms. The van der Waals surface area contributed by atoms with Crippen LogP contribution in [0, 0.1) is 5.82 Å². The first-order valence-electron chi connectivity index (χ1n) is 6.45. The zero-order chi connectivity index (χ0) is 15.6. The Hall–Kier alpha value is -1.46. The van der Waals surface area contributed by atoms with Crippen LogP contribution in [-0.4, -0.2) is 17.6 Å². The Morgan fingerprint density at radius 1 is 1.48 bits per heavy atom. The van der Waals surface area contributed by atoms with Gasteiger partial charge in [0.1, 0.15) is 16.2 Å². The lowest BCUT2D eigenvalue weighted by molar-refractivity contribution is -0.148. The van der Waals surface area contributed by atoms with Crippen LogP contribution >= 0.6 is 22.9 Å². The summed E-state index contributed by atoms with van der Waals surface area (Å²) in [5.41, 5.74) is 0.521. The standard InChI is InChI=1S/C15H15ClFNO2S/c1-4-20-14(19)15(2,3)12-8-21-13(18-12)9-5-6-11(17)10(16)7-9/h5-8H,4H2,1-3H3. The molecular weight excluding hydrogens is 313 g/mol. The molecule has 0 bridgehead atoms. The van der Waals surface area contributed by atoms with E-state index in [4.69, 9.17) is 16.3 Å². The van der Waals surface area contributed by atoms with Gasteiger partial charge in [-0.1, -0.05) is 11.6 Å². The number of esters is 1. The van der Waals surface area contributed by atoms with Gasteiger partial charge in [-0.15, -0.1) is 11.3 Å². The highest BCUT2D eigenvalue weighted by molar-refractivity contribution is 7.13. The molecule has 0 saturated carbocycles. The Balaban J connectivity index is 2.33.